The summed E-state index contributed by atoms with van der Waals surface area (Å²) < 4.78 is 30.1. The van der Waals surface area contributed by atoms with Crippen molar-refractivity contribution < 1.29 is 28.6 Å². The molecule has 152 valence electrons. The number of carboxylic acid groups (broad SMARTS) is 1. The number of fused-ring (bicyclic) bond motifs is 1. The Morgan fingerprint density at radius 2 is 1.72 bits per heavy atom. The van der Waals surface area contributed by atoms with Gasteiger partial charge in [0.1, 0.15) is 0 Å². The summed E-state index contributed by atoms with van der Waals surface area (Å²) >= 11 is 5.85. The van der Waals surface area contributed by atoms with Crippen molar-refractivity contribution in [1.29, 1.82) is 0 Å². The molecule has 8 heteroatoms. The van der Waals surface area contributed by atoms with Crippen LogP contribution in [-0.2, 0) is 4.79 Å². The monoisotopic (exact) mass is 421 g/mol. The number of carboxylic acids is 1. The molecule has 2 N–H and O–H groups in total. The van der Waals surface area contributed by atoms with Crippen molar-refractivity contribution in [3.63, 3.8) is 0 Å². The summed E-state index contributed by atoms with van der Waals surface area (Å²) in [6.45, 7) is 4.75. The zero-order chi connectivity index (χ0) is 21.6. The normalized spacial score (nSPS) is 12.5. The summed E-state index contributed by atoms with van der Waals surface area (Å²) in [5.74, 6) is -7.22. The number of phenols is 1. The lowest BCUT2D eigenvalue weighted by atomic mass is 9.86. The Balaban J connectivity index is 2.42. The molecule has 29 heavy (non-hydrogen) atoms. The van der Waals surface area contributed by atoms with Gasteiger partial charge in [-0.25, -0.2) is 8.78 Å². The van der Waals surface area contributed by atoms with E-state index in [9.17, 15) is 28.6 Å². The van der Waals surface area contributed by atoms with E-state index in [0.717, 1.165) is 10.6 Å². The number of carbonyl (C=O) groups excluding carboxylic acids is 1. The van der Waals surface area contributed by atoms with Crippen LogP contribution in [0.4, 0.5) is 8.78 Å². The van der Waals surface area contributed by atoms with E-state index in [1.54, 1.807) is 13.8 Å². The van der Waals surface area contributed by atoms with E-state index in [1.807, 2.05) is 0 Å². The van der Waals surface area contributed by atoms with Crippen molar-refractivity contribution in [3.05, 3.63) is 63.8 Å². The maximum Gasteiger partial charge on any atom is 0.311 e. The van der Waals surface area contributed by atoms with E-state index >= 15 is 0 Å². The topological polar surface area (TPSA) is 79.5 Å². The first-order valence-electron chi connectivity index (χ1n) is 8.81. The fourth-order valence-electron chi connectivity index (χ4n) is 3.62. The molecular formula is C21H18ClF2NO4. The van der Waals surface area contributed by atoms with E-state index in [4.69, 9.17) is 11.6 Å². The van der Waals surface area contributed by atoms with Crippen LogP contribution >= 0.6 is 11.6 Å². The second-order valence-corrected chi connectivity index (χ2v) is 7.56. The molecule has 0 aliphatic rings. The number of hydrogen-bond acceptors (Lipinski definition) is 3. The minimum absolute atomic E-state index is 0.0256. The predicted molar refractivity (Wildman–Crippen MR) is 105 cm³/mol. The number of aromatic nitrogens is 1. The summed E-state index contributed by atoms with van der Waals surface area (Å²) in [4.78, 5) is 25.1. The molecule has 0 aliphatic carbocycles. The Morgan fingerprint density at radius 3 is 2.24 bits per heavy atom. The van der Waals surface area contributed by atoms with E-state index in [0.29, 0.717) is 5.02 Å². The Kier molecular flexibility index (Phi) is 5.36. The molecule has 1 aromatic heterocycles. The smallest absolute Gasteiger partial charge is 0.311 e. The zero-order valence-electron chi connectivity index (χ0n) is 15.8. The molecule has 1 heterocycles. The zero-order valence-corrected chi connectivity index (χ0v) is 16.6. The highest BCUT2D eigenvalue weighted by molar-refractivity contribution is 6.30. The van der Waals surface area contributed by atoms with Crippen LogP contribution in [0.25, 0.3) is 10.9 Å². The van der Waals surface area contributed by atoms with Gasteiger partial charge in [-0.3, -0.25) is 14.2 Å². The van der Waals surface area contributed by atoms with Crippen LogP contribution in [0.5, 0.6) is 5.75 Å². The Labute approximate surface area is 170 Å². The lowest BCUT2D eigenvalue weighted by Gasteiger charge is -2.17. The summed E-state index contributed by atoms with van der Waals surface area (Å²) in [5, 5.41) is 19.6. The first-order valence-corrected chi connectivity index (χ1v) is 9.19. The lowest BCUT2D eigenvalue weighted by Crippen LogP contribution is -2.20. The molecule has 1 atom stereocenters. The van der Waals surface area contributed by atoms with Gasteiger partial charge in [0, 0.05) is 27.7 Å². The molecule has 2 aromatic carbocycles. The van der Waals surface area contributed by atoms with Gasteiger partial charge < -0.3 is 10.2 Å². The van der Waals surface area contributed by atoms with Crippen LogP contribution in [-0.4, -0.2) is 26.7 Å². The minimum Gasteiger partial charge on any atom is -0.503 e. The van der Waals surface area contributed by atoms with Gasteiger partial charge in [-0.2, -0.15) is 0 Å². The largest absolute Gasteiger partial charge is 0.503 e. The number of halogens is 3. The Hall–Kier alpha value is -2.93. The second-order valence-electron chi connectivity index (χ2n) is 7.12. The third kappa shape index (κ3) is 3.35. The van der Waals surface area contributed by atoms with E-state index in [-0.39, 0.29) is 27.7 Å². The van der Waals surface area contributed by atoms with E-state index in [1.165, 1.54) is 31.2 Å². The lowest BCUT2D eigenvalue weighted by molar-refractivity contribution is -0.139. The summed E-state index contributed by atoms with van der Waals surface area (Å²) in [7, 11) is 0. The molecule has 5 nitrogen and oxygen atoms in total. The maximum atomic E-state index is 14.9. The molecule has 0 spiro atoms. The number of benzene rings is 2. The first kappa shape index (κ1) is 20.8. The van der Waals surface area contributed by atoms with E-state index in [2.05, 4.69) is 0 Å². The number of carbonyl (C=O) groups is 2. The Morgan fingerprint density at radius 1 is 1.14 bits per heavy atom. The third-order valence-corrected chi connectivity index (χ3v) is 5.20. The van der Waals surface area contributed by atoms with Gasteiger partial charge in [0.25, 0.3) is 5.91 Å². The van der Waals surface area contributed by atoms with Crippen LogP contribution < -0.4 is 0 Å². The average Bonchev–Trinajstić information content (AvgIpc) is 2.91. The quantitative estimate of drug-likeness (QED) is 0.614. The highest BCUT2D eigenvalue weighted by atomic mass is 35.5. The maximum absolute atomic E-state index is 14.9. The van der Waals surface area contributed by atoms with Gasteiger partial charge in [0.2, 0.25) is 0 Å². The summed E-state index contributed by atoms with van der Waals surface area (Å²) in [6, 6.07) is 6.74. The SMILES string of the molecule is Cc1c(C(C(=O)O)C(C)C)c2c(F)c(O)c(F)cc2n1C(=O)c1ccc(Cl)cc1. The molecule has 3 rings (SSSR count). The van der Waals surface area contributed by atoms with Crippen molar-refractivity contribution in [1.82, 2.24) is 4.57 Å². The fourth-order valence-corrected chi connectivity index (χ4v) is 3.74. The van der Waals surface area contributed by atoms with Crippen molar-refractivity contribution in [2.24, 2.45) is 5.92 Å². The van der Waals surface area contributed by atoms with Gasteiger partial charge in [-0.1, -0.05) is 25.4 Å². The first-order chi connectivity index (χ1) is 13.6. The number of nitrogens with zero attached hydrogens (tertiary/aromatic N) is 1. The standard InChI is InChI=1S/C21H18ClF2NO4/c1-9(2)15(21(28)29)16-10(3)25(20(27)11-4-6-12(22)7-5-11)14-8-13(23)19(26)18(24)17(14)16/h4-9,15,26H,1-3H3,(H,28,29). The molecule has 1 unspecified atom stereocenters. The van der Waals surface area contributed by atoms with Crippen molar-refractivity contribution in [2.75, 3.05) is 0 Å². The minimum atomic E-state index is -1.30. The van der Waals surface area contributed by atoms with Crippen LogP contribution in [0.3, 0.4) is 0 Å². The Bertz CT molecular complexity index is 1140. The van der Waals surface area contributed by atoms with Gasteiger partial charge in [0.15, 0.2) is 17.4 Å². The third-order valence-electron chi connectivity index (χ3n) is 4.95. The highest BCUT2D eigenvalue weighted by Crippen LogP contribution is 2.40. The van der Waals surface area contributed by atoms with Crippen LogP contribution in [0, 0.1) is 24.5 Å². The molecule has 0 saturated heterocycles. The molecule has 0 radical (unpaired) electrons. The van der Waals surface area contributed by atoms with Crippen molar-refractivity contribution in [3.8, 4) is 5.75 Å². The van der Waals surface area contributed by atoms with Crippen molar-refractivity contribution in [2.45, 2.75) is 26.7 Å². The highest BCUT2D eigenvalue weighted by Gasteiger charge is 2.34. The second kappa shape index (κ2) is 7.48. The van der Waals surface area contributed by atoms with Crippen molar-refractivity contribution >= 4 is 34.4 Å². The molecule has 3 aromatic rings. The number of aromatic hydroxyl groups is 1. The molecule has 0 saturated carbocycles. The van der Waals surface area contributed by atoms with Crippen LogP contribution in [0.2, 0.25) is 5.02 Å². The average molecular weight is 422 g/mol. The molecule has 0 amide bonds. The molecule has 0 aliphatic heterocycles. The predicted octanol–water partition coefficient (Wildman–Crippen LogP) is 5.10. The van der Waals surface area contributed by atoms with Crippen LogP contribution in [0.1, 0.15) is 41.4 Å². The van der Waals surface area contributed by atoms with Gasteiger partial charge in [-0.15, -0.1) is 0 Å². The summed E-state index contributed by atoms with van der Waals surface area (Å²) in [6.07, 6.45) is 0. The van der Waals surface area contributed by atoms with E-state index < -0.39 is 41.1 Å². The summed E-state index contributed by atoms with van der Waals surface area (Å²) in [5.41, 5.74) is 0.228. The van der Waals surface area contributed by atoms with Gasteiger partial charge in [0.05, 0.1) is 11.4 Å². The van der Waals surface area contributed by atoms with Gasteiger partial charge >= 0.3 is 5.97 Å². The fraction of sp³-hybridized carbons (Fsp3) is 0.238. The number of aliphatic carboxylic acids is 1. The number of phenolic OH excluding ortho intramolecular Hbond substituents is 1. The van der Waals surface area contributed by atoms with Crippen LogP contribution in [0.15, 0.2) is 30.3 Å². The number of hydrogen-bond donors (Lipinski definition) is 2. The molecule has 0 fully saturated rings. The van der Waals surface area contributed by atoms with Gasteiger partial charge in [-0.05, 0) is 42.7 Å². The number of rotatable bonds is 4. The molecular weight excluding hydrogens is 404 g/mol. The molecule has 0 bridgehead atoms.